The number of rotatable bonds is 0. The van der Waals surface area contributed by atoms with E-state index in [4.69, 9.17) is 5.73 Å². The topological polar surface area (TPSA) is 56.2 Å². The van der Waals surface area contributed by atoms with Crippen molar-refractivity contribution in [1.82, 2.24) is 14.6 Å². The van der Waals surface area contributed by atoms with Crippen molar-refractivity contribution in [2.45, 2.75) is 0 Å². The summed E-state index contributed by atoms with van der Waals surface area (Å²) >= 11 is 0. The van der Waals surface area contributed by atoms with Crippen LogP contribution >= 0.6 is 0 Å². The molecule has 18 heavy (non-hydrogen) atoms. The maximum Gasteiger partial charge on any atom is 0.156 e. The van der Waals surface area contributed by atoms with E-state index in [9.17, 15) is 0 Å². The van der Waals surface area contributed by atoms with Crippen molar-refractivity contribution in [1.29, 1.82) is 0 Å². The van der Waals surface area contributed by atoms with Crippen molar-refractivity contribution < 1.29 is 0 Å². The van der Waals surface area contributed by atoms with Crippen LogP contribution in [0.4, 0.5) is 5.69 Å². The van der Waals surface area contributed by atoms with E-state index in [0.29, 0.717) is 11.4 Å². The van der Waals surface area contributed by atoms with Gasteiger partial charge in [0.05, 0.1) is 6.20 Å². The summed E-state index contributed by atoms with van der Waals surface area (Å²) in [4.78, 5) is 4.37. The molecular formula is C14H10N4. The molecule has 0 saturated heterocycles. The van der Waals surface area contributed by atoms with Crippen LogP contribution in [0.3, 0.4) is 0 Å². The first kappa shape index (κ1) is 10.4. The summed E-state index contributed by atoms with van der Waals surface area (Å²) < 4.78 is 1.70. The van der Waals surface area contributed by atoms with Gasteiger partial charge in [-0.1, -0.05) is 12.0 Å². The Balaban J connectivity index is 1.97. The molecule has 2 aromatic heterocycles. The molecule has 0 bridgehead atoms. The second kappa shape index (κ2) is 4.22. The summed E-state index contributed by atoms with van der Waals surface area (Å²) in [5.74, 6) is 6.05. The molecule has 0 saturated carbocycles. The van der Waals surface area contributed by atoms with Crippen molar-refractivity contribution in [3.8, 4) is 11.8 Å². The summed E-state index contributed by atoms with van der Waals surface area (Å²) in [5, 5.41) is 4.08. The third kappa shape index (κ3) is 2.02. The second-order valence-electron chi connectivity index (χ2n) is 3.82. The van der Waals surface area contributed by atoms with Crippen molar-refractivity contribution in [2.75, 3.05) is 5.73 Å². The molecule has 0 fully saturated rings. The Morgan fingerprint density at radius 2 is 2.06 bits per heavy atom. The molecule has 4 nitrogen and oxygen atoms in total. The van der Waals surface area contributed by atoms with Crippen LogP contribution in [0.2, 0.25) is 0 Å². The van der Waals surface area contributed by atoms with Gasteiger partial charge in [0.25, 0.3) is 0 Å². The monoisotopic (exact) mass is 234 g/mol. The molecule has 3 aromatic rings. The number of nitrogens with two attached hydrogens (primary N) is 1. The van der Waals surface area contributed by atoms with E-state index >= 15 is 0 Å². The van der Waals surface area contributed by atoms with Gasteiger partial charge in [0.1, 0.15) is 5.69 Å². The molecule has 4 heteroatoms. The number of nitrogens with zero attached hydrogens (tertiary/aromatic N) is 3. The Morgan fingerprint density at radius 3 is 2.94 bits per heavy atom. The number of benzene rings is 1. The minimum absolute atomic E-state index is 0.709. The van der Waals surface area contributed by atoms with Gasteiger partial charge >= 0.3 is 0 Å². The molecule has 0 spiro atoms. The summed E-state index contributed by atoms with van der Waals surface area (Å²) in [6.45, 7) is 0. The molecule has 0 amide bonds. The molecule has 0 atom stereocenters. The lowest BCUT2D eigenvalue weighted by Gasteiger charge is -1.94. The molecule has 2 N–H and O–H groups in total. The van der Waals surface area contributed by atoms with Crippen LogP contribution in [0.1, 0.15) is 11.3 Å². The van der Waals surface area contributed by atoms with Gasteiger partial charge in [-0.05, 0) is 30.2 Å². The van der Waals surface area contributed by atoms with E-state index < -0.39 is 0 Å². The highest BCUT2D eigenvalue weighted by atomic mass is 15.2. The zero-order chi connectivity index (χ0) is 12.4. The van der Waals surface area contributed by atoms with Gasteiger partial charge in [-0.15, -0.1) is 0 Å². The van der Waals surface area contributed by atoms with Crippen LogP contribution in [0, 0.1) is 11.8 Å². The predicted molar refractivity (Wildman–Crippen MR) is 69.8 cm³/mol. The van der Waals surface area contributed by atoms with Crippen LogP contribution in [0.15, 0.2) is 48.8 Å². The summed E-state index contributed by atoms with van der Waals surface area (Å²) in [7, 11) is 0. The van der Waals surface area contributed by atoms with Gasteiger partial charge in [-0.3, -0.25) is 0 Å². The summed E-state index contributed by atoms with van der Waals surface area (Å²) in [6, 6.07) is 11.1. The number of aromatic nitrogens is 3. The average Bonchev–Trinajstić information content (AvgIpc) is 2.84. The first-order valence-corrected chi connectivity index (χ1v) is 5.49. The van der Waals surface area contributed by atoms with Crippen LogP contribution in [-0.2, 0) is 0 Å². The largest absolute Gasteiger partial charge is 0.399 e. The maximum absolute atomic E-state index is 5.69. The maximum atomic E-state index is 5.69. The Hall–Kier alpha value is -2.80. The fourth-order valence-corrected chi connectivity index (χ4v) is 1.63. The molecule has 86 valence electrons. The Kier molecular flexibility index (Phi) is 2.43. The smallest absolute Gasteiger partial charge is 0.156 e. The van der Waals surface area contributed by atoms with Gasteiger partial charge in [-0.25, -0.2) is 9.50 Å². The SMILES string of the molecule is Nc1cccc(C#Cc2ccn3nccc3n2)c1. The van der Waals surface area contributed by atoms with E-state index in [2.05, 4.69) is 21.9 Å². The van der Waals surface area contributed by atoms with Crippen LogP contribution in [-0.4, -0.2) is 14.6 Å². The van der Waals surface area contributed by atoms with Crippen LogP contribution in [0.5, 0.6) is 0 Å². The number of hydrogen-bond donors (Lipinski definition) is 1. The third-order valence-corrected chi connectivity index (χ3v) is 2.48. The van der Waals surface area contributed by atoms with E-state index in [1.165, 1.54) is 0 Å². The highest BCUT2D eigenvalue weighted by Gasteiger charge is 1.95. The molecular weight excluding hydrogens is 224 g/mol. The van der Waals surface area contributed by atoms with Crippen LogP contribution < -0.4 is 5.73 Å². The lowest BCUT2D eigenvalue weighted by atomic mass is 10.2. The van der Waals surface area contributed by atoms with Crippen molar-refractivity contribution in [2.24, 2.45) is 0 Å². The highest BCUT2D eigenvalue weighted by Crippen LogP contribution is 2.05. The van der Waals surface area contributed by atoms with E-state index in [1.54, 1.807) is 10.7 Å². The Bertz CT molecular complexity index is 762. The molecule has 0 unspecified atom stereocenters. The van der Waals surface area contributed by atoms with Gasteiger partial charge in [0.15, 0.2) is 5.65 Å². The fraction of sp³-hybridized carbons (Fsp3) is 0. The lowest BCUT2D eigenvalue weighted by Crippen LogP contribution is -1.91. The zero-order valence-corrected chi connectivity index (χ0v) is 9.54. The third-order valence-electron chi connectivity index (χ3n) is 2.48. The van der Waals surface area contributed by atoms with Crippen molar-refractivity contribution >= 4 is 11.3 Å². The van der Waals surface area contributed by atoms with Crippen molar-refractivity contribution in [3.05, 3.63) is 60.0 Å². The van der Waals surface area contributed by atoms with Gasteiger partial charge < -0.3 is 5.73 Å². The second-order valence-corrected chi connectivity index (χ2v) is 3.82. The zero-order valence-electron chi connectivity index (χ0n) is 9.54. The Morgan fingerprint density at radius 1 is 1.11 bits per heavy atom. The minimum atomic E-state index is 0.709. The molecule has 0 aliphatic rings. The van der Waals surface area contributed by atoms with Gasteiger partial charge in [0.2, 0.25) is 0 Å². The van der Waals surface area contributed by atoms with E-state index in [0.717, 1.165) is 11.2 Å². The first-order chi connectivity index (χ1) is 8.81. The number of nitrogen functional groups attached to an aromatic ring is 1. The van der Waals surface area contributed by atoms with Crippen molar-refractivity contribution in [3.63, 3.8) is 0 Å². The molecule has 0 aliphatic carbocycles. The Labute approximate surface area is 104 Å². The summed E-state index contributed by atoms with van der Waals surface area (Å²) in [6.07, 6.45) is 3.54. The lowest BCUT2D eigenvalue weighted by molar-refractivity contribution is 0.936. The van der Waals surface area contributed by atoms with E-state index in [1.807, 2.05) is 42.6 Å². The standard InChI is InChI=1S/C14H10N4/c15-12-3-1-2-11(10-12)4-5-13-7-9-18-14(17-13)6-8-16-18/h1-3,6-10H,15H2. The molecule has 3 rings (SSSR count). The molecule has 1 aromatic carbocycles. The number of fused-ring (bicyclic) bond motifs is 1. The quantitative estimate of drug-likeness (QED) is 0.476. The predicted octanol–water partition coefficient (Wildman–Crippen LogP) is 1.71. The van der Waals surface area contributed by atoms with E-state index in [-0.39, 0.29) is 0 Å². The normalized spacial score (nSPS) is 10.0. The minimum Gasteiger partial charge on any atom is -0.399 e. The number of hydrogen-bond acceptors (Lipinski definition) is 3. The number of anilines is 1. The van der Waals surface area contributed by atoms with Gasteiger partial charge in [0, 0.05) is 23.5 Å². The molecule has 2 heterocycles. The highest BCUT2D eigenvalue weighted by molar-refractivity contribution is 5.49. The average molecular weight is 234 g/mol. The molecule has 0 radical (unpaired) electrons. The fourth-order valence-electron chi connectivity index (χ4n) is 1.63. The summed E-state index contributed by atoms with van der Waals surface area (Å²) in [5.41, 5.74) is 8.78. The van der Waals surface area contributed by atoms with Gasteiger partial charge in [-0.2, -0.15) is 5.10 Å². The molecule has 0 aliphatic heterocycles. The van der Waals surface area contributed by atoms with Crippen LogP contribution in [0.25, 0.3) is 5.65 Å². The first-order valence-electron chi connectivity index (χ1n) is 5.49.